The normalized spacial score (nSPS) is 14.8. The van der Waals surface area contributed by atoms with Gasteiger partial charge in [-0.25, -0.2) is 4.99 Å². The molecule has 1 N–H and O–H groups in total. The molecule has 0 aliphatic carbocycles. The first-order chi connectivity index (χ1) is 20.9. The van der Waals surface area contributed by atoms with Crippen molar-refractivity contribution in [2.24, 2.45) is 4.99 Å². The summed E-state index contributed by atoms with van der Waals surface area (Å²) in [5.41, 5.74) is 3.34. The van der Waals surface area contributed by atoms with Crippen molar-refractivity contribution in [3.05, 3.63) is 139 Å². The third kappa shape index (κ3) is 6.14. The molecule has 6 rings (SSSR count). The molecule has 1 aliphatic rings. The van der Waals surface area contributed by atoms with E-state index in [4.69, 9.17) is 14.1 Å². The summed E-state index contributed by atoms with van der Waals surface area (Å²) in [7, 11) is 0. The number of benzene rings is 3. The summed E-state index contributed by atoms with van der Waals surface area (Å²) in [4.78, 5) is 34.0. The Morgan fingerprint density at radius 1 is 1.02 bits per heavy atom. The minimum atomic E-state index is -0.679. The van der Waals surface area contributed by atoms with Gasteiger partial charge in [0.2, 0.25) is 0 Å². The summed E-state index contributed by atoms with van der Waals surface area (Å²) in [6.07, 6.45) is 1.74. The van der Waals surface area contributed by atoms with Crippen LogP contribution in [0, 0.1) is 6.92 Å². The average molecular weight is 608 g/mol. The van der Waals surface area contributed by atoms with Gasteiger partial charge in [-0.3, -0.25) is 14.2 Å². The van der Waals surface area contributed by atoms with Crippen LogP contribution in [-0.4, -0.2) is 17.1 Å². The molecule has 0 spiro atoms. The highest BCUT2D eigenvalue weighted by Crippen LogP contribution is 2.32. The molecule has 43 heavy (non-hydrogen) atoms. The lowest BCUT2D eigenvalue weighted by Gasteiger charge is -2.25. The monoisotopic (exact) mass is 607 g/mol. The van der Waals surface area contributed by atoms with E-state index in [1.54, 1.807) is 17.6 Å². The third-order valence-corrected chi connectivity index (χ3v) is 8.83. The Bertz CT molecular complexity index is 1990. The van der Waals surface area contributed by atoms with Crippen molar-refractivity contribution >= 4 is 40.8 Å². The molecule has 0 fully saturated rings. The van der Waals surface area contributed by atoms with E-state index in [1.165, 1.54) is 28.7 Å². The molecule has 216 valence electrons. The number of ether oxygens (including phenoxy) is 1. The van der Waals surface area contributed by atoms with Gasteiger partial charge in [0.05, 0.1) is 28.5 Å². The van der Waals surface area contributed by atoms with Gasteiger partial charge < -0.3 is 14.5 Å². The summed E-state index contributed by atoms with van der Waals surface area (Å²) < 4.78 is 13.8. The molecule has 0 radical (unpaired) electrons. The fourth-order valence-electron chi connectivity index (χ4n) is 4.88. The number of aryl methyl sites for hydroxylation is 1. The number of anilines is 1. The largest absolute Gasteiger partial charge is 0.494 e. The maximum absolute atomic E-state index is 14.0. The molecule has 1 atom stereocenters. The van der Waals surface area contributed by atoms with Crippen LogP contribution in [0.3, 0.4) is 0 Å². The second-order valence-electron chi connectivity index (χ2n) is 9.98. The molecule has 0 bridgehead atoms. The molecule has 3 heterocycles. The van der Waals surface area contributed by atoms with Gasteiger partial charge >= 0.3 is 0 Å². The van der Waals surface area contributed by atoms with Crippen LogP contribution in [0.5, 0.6) is 5.75 Å². The number of amides is 1. The third-order valence-electron chi connectivity index (χ3n) is 6.92. The summed E-state index contributed by atoms with van der Waals surface area (Å²) in [6.45, 7) is 6.32. The Balaban J connectivity index is 1.40. The highest BCUT2D eigenvalue weighted by atomic mass is 32.2. The first kappa shape index (κ1) is 28.5. The van der Waals surface area contributed by atoms with Gasteiger partial charge in [-0.2, -0.15) is 0 Å². The number of hydrogen-bond donors (Lipinski definition) is 1. The summed E-state index contributed by atoms with van der Waals surface area (Å²) in [5.74, 6) is 0.964. The smallest absolute Gasteiger partial charge is 0.271 e. The summed E-state index contributed by atoms with van der Waals surface area (Å²) in [5, 5.41) is 3.71. The molecule has 1 aliphatic heterocycles. The zero-order valence-electron chi connectivity index (χ0n) is 23.9. The van der Waals surface area contributed by atoms with Gasteiger partial charge in [0.15, 0.2) is 9.89 Å². The lowest BCUT2D eigenvalue weighted by molar-refractivity contribution is -0.113. The van der Waals surface area contributed by atoms with E-state index in [9.17, 15) is 9.59 Å². The maximum Gasteiger partial charge on any atom is 0.271 e. The fourth-order valence-corrected chi connectivity index (χ4v) is 6.68. The molecular weight excluding hydrogens is 579 g/mol. The molecule has 0 saturated carbocycles. The number of nitrogens with zero attached hydrogens (tertiary/aromatic N) is 2. The molecule has 0 saturated heterocycles. The molecule has 9 heteroatoms. The zero-order valence-corrected chi connectivity index (χ0v) is 25.5. The number of thiazole rings is 1. The standard InChI is InChI=1S/C34H29N3O4S2/c1-4-40-25-14-12-23(13-15-25)31-30(32(38)36-24-8-6-5-7-9-24)22(3)35-34-37(31)33(39)28(43-34)20-26-16-19-29(41-26)42-27-17-10-21(2)11-18-27/h5-20,31H,4H2,1-3H3,(H,36,38)/b28-20-/t31-/m1/s1. The van der Waals surface area contributed by atoms with Crippen LogP contribution in [0.4, 0.5) is 5.69 Å². The molecule has 0 unspecified atom stereocenters. The fraction of sp³-hybridized carbons (Fsp3) is 0.147. The number of carbonyl (C=O) groups excluding carboxylic acids is 1. The SMILES string of the molecule is CCOc1ccc([C@@H]2C(C(=O)Nc3ccccc3)=C(C)N=c3s/c(=C\c4ccc(Sc5ccc(C)cc5)o4)c(=O)n32)cc1. The van der Waals surface area contributed by atoms with E-state index < -0.39 is 6.04 Å². The van der Waals surface area contributed by atoms with Crippen molar-refractivity contribution in [3.63, 3.8) is 0 Å². The Kier molecular flexibility index (Phi) is 8.18. The van der Waals surface area contributed by atoms with Crippen molar-refractivity contribution in [3.8, 4) is 5.75 Å². The Morgan fingerprint density at radius 3 is 2.49 bits per heavy atom. The van der Waals surface area contributed by atoms with E-state index in [1.807, 2.05) is 73.7 Å². The van der Waals surface area contributed by atoms with Crippen molar-refractivity contribution in [1.29, 1.82) is 0 Å². The molecule has 5 aromatic rings. The number of carbonyl (C=O) groups is 1. The van der Waals surface area contributed by atoms with E-state index in [2.05, 4.69) is 36.5 Å². The van der Waals surface area contributed by atoms with Crippen LogP contribution in [-0.2, 0) is 4.79 Å². The van der Waals surface area contributed by atoms with Gasteiger partial charge in [-0.05, 0) is 74.9 Å². The van der Waals surface area contributed by atoms with Gasteiger partial charge in [0, 0.05) is 16.7 Å². The number of furan rings is 1. The second kappa shape index (κ2) is 12.3. The van der Waals surface area contributed by atoms with Gasteiger partial charge in [0.25, 0.3) is 11.5 Å². The number of hydrogen-bond acceptors (Lipinski definition) is 7. The lowest BCUT2D eigenvalue weighted by Crippen LogP contribution is -2.40. The predicted octanol–water partition coefficient (Wildman–Crippen LogP) is 6.33. The molecule has 2 aromatic heterocycles. The minimum absolute atomic E-state index is 0.246. The topological polar surface area (TPSA) is 85.8 Å². The molecule has 7 nitrogen and oxygen atoms in total. The number of aromatic nitrogens is 1. The minimum Gasteiger partial charge on any atom is -0.494 e. The van der Waals surface area contributed by atoms with Gasteiger partial charge in [-0.1, -0.05) is 71.1 Å². The first-order valence-electron chi connectivity index (χ1n) is 13.9. The van der Waals surface area contributed by atoms with E-state index in [0.29, 0.717) is 44.4 Å². The van der Waals surface area contributed by atoms with Crippen molar-refractivity contribution < 1.29 is 13.9 Å². The first-order valence-corrected chi connectivity index (χ1v) is 15.5. The van der Waals surface area contributed by atoms with Crippen LogP contribution in [0.15, 0.2) is 126 Å². The van der Waals surface area contributed by atoms with E-state index in [0.717, 1.165) is 15.6 Å². The summed E-state index contributed by atoms with van der Waals surface area (Å²) >= 11 is 2.79. The van der Waals surface area contributed by atoms with E-state index >= 15 is 0 Å². The Hall–Kier alpha value is -4.60. The highest BCUT2D eigenvalue weighted by molar-refractivity contribution is 7.99. The average Bonchev–Trinajstić information content (AvgIpc) is 3.57. The number of para-hydroxylation sites is 1. The van der Waals surface area contributed by atoms with Gasteiger partial charge in [0.1, 0.15) is 11.5 Å². The molecule has 1 amide bonds. The van der Waals surface area contributed by atoms with Crippen molar-refractivity contribution in [2.45, 2.75) is 36.8 Å². The van der Waals surface area contributed by atoms with Crippen LogP contribution < -0.4 is 24.9 Å². The number of nitrogens with one attached hydrogen (secondary N) is 1. The zero-order chi connectivity index (χ0) is 29.9. The van der Waals surface area contributed by atoms with Crippen LogP contribution >= 0.6 is 23.1 Å². The second-order valence-corrected chi connectivity index (χ2v) is 12.1. The lowest BCUT2D eigenvalue weighted by atomic mass is 9.95. The van der Waals surface area contributed by atoms with Crippen molar-refractivity contribution in [1.82, 2.24) is 4.57 Å². The predicted molar refractivity (Wildman–Crippen MR) is 170 cm³/mol. The summed E-state index contributed by atoms with van der Waals surface area (Å²) in [6, 6.07) is 28.0. The molecular formula is C34H29N3O4S2. The van der Waals surface area contributed by atoms with Crippen LogP contribution in [0.2, 0.25) is 0 Å². The number of allylic oxidation sites excluding steroid dienone is 1. The van der Waals surface area contributed by atoms with Crippen LogP contribution in [0.1, 0.15) is 36.8 Å². The number of fused-ring (bicyclic) bond motifs is 1. The van der Waals surface area contributed by atoms with Crippen molar-refractivity contribution in [2.75, 3.05) is 11.9 Å². The quantitative estimate of drug-likeness (QED) is 0.223. The molecule has 3 aromatic carbocycles. The Labute approximate surface area is 256 Å². The highest BCUT2D eigenvalue weighted by Gasteiger charge is 2.32. The number of rotatable bonds is 8. The van der Waals surface area contributed by atoms with Crippen LogP contribution in [0.25, 0.3) is 6.08 Å². The van der Waals surface area contributed by atoms with E-state index in [-0.39, 0.29) is 11.5 Å². The van der Waals surface area contributed by atoms with Gasteiger partial charge in [-0.15, -0.1) is 0 Å². The maximum atomic E-state index is 14.0. The Morgan fingerprint density at radius 2 is 1.77 bits per heavy atom.